The number of rotatable bonds is 3. The molecular formula is C16H15F2NO. The Morgan fingerprint density at radius 1 is 1.10 bits per heavy atom. The van der Waals surface area contributed by atoms with Gasteiger partial charge in [-0.1, -0.05) is 24.3 Å². The Balaban J connectivity index is 1.73. The second kappa shape index (κ2) is 5.59. The number of hydrogen-bond donors (Lipinski definition) is 1. The van der Waals surface area contributed by atoms with Gasteiger partial charge in [0.05, 0.1) is 12.7 Å². The summed E-state index contributed by atoms with van der Waals surface area (Å²) in [7, 11) is 0. The van der Waals surface area contributed by atoms with E-state index in [0.29, 0.717) is 18.8 Å². The molecule has 0 aromatic heterocycles. The summed E-state index contributed by atoms with van der Waals surface area (Å²) >= 11 is 0. The maximum atomic E-state index is 13.1. The number of benzene rings is 2. The van der Waals surface area contributed by atoms with E-state index in [0.717, 1.165) is 18.1 Å². The summed E-state index contributed by atoms with van der Waals surface area (Å²) in [5.41, 5.74) is 2.84. The van der Waals surface area contributed by atoms with Crippen LogP contribution in [-0.4, -0.2) is 13.2 Å². The lowest BCUT2D eigenvalue weighted by Gasteiger charge is -2.26. The molecule has 104 valence electrons. The lowest BCUT2D eigenvalue weighted by atomic mass is 9.97. The lowest BCUT2D eigenvalue weighted by Crippen LogP contribution is -2.22. The number of fused-ring (bicyclic) bond motifs is 1. The van der Waals surface area contributed by atoms with Crippen LogP contribution in [0.1, 0.15) is 17.2 Å². The summed E-state index contributed by atoms with van der Waals surface area (Å²) in [6.07, 6.45) is 0.813. The second-order valence-corrected chi connectivity index (χ2v) is 4.85. The van der Waals surface area contributed by atoms with Crippen molar-refractivity contribution in [1.29, 1.82) is 0 Å². The van der Waals surface area contributed by atoms with Crippen LogP contribution in [0.25, 0.3) is 0 Å². The van der Waals surface area contributed by atoms with Crippen LogP contribution in [0, 0.1) is 11.6 Å². The largest absolute Gasteiger partial charge is 0.382 e. The highest BCUT2D eigenvalue weighted by Gasteiger charge is 2.20. The minimum atomic E-state index is -0.586. The van der Waals surface area contributed by atoms with Gasteiger partial charge in [-0.3, -0.25) is 0 Å². The molecule has 1 aliphatic heterocycles. The Kier molecular flexibility index (Phi) is 3.65. The smallest absolute Gasteiger partial charge is 0.128 e. The monoisotopic (exact) mass is 275 g/mol. The fourth-order valence-corrected chi connectivity index (χ4v) is 2.51. The zero-order chi connectivity index (χ0) is 13.9. The summed E-state index contributed by atoms with van der Waals surface area (Å²) in [4.78, 5) is 0. The molecule has 1 aliphatic rings. The lowest BCUT2D eigenvalue weighted by molar-refractivity contribution is 0.0513. The molecule has 20 heavy (non-hydrogen) atoms. The van der Waals surface area contributed by atoms with Crippen LogP contribution in [0.2, 0.25) is 0 Å². The van der Waals surface area contributed by atoms with Gasteiger partial charge in [-0.2, -0.15) is 0 Å². The molecule has 0 saturated heterocycles. The molecule has 0 spiro atoms. The molecule has 0 amide bonds. The fourth-order valence-electron chi connectivity index (χ4n) is 2.51. The molecule has 0 saturated carbocycles. The minimum Gasteiger partial charge on any atom is -0.382 e. The molecule has 1 atom stereocenters. The molecular weight excluding hydrogens is 260 g/mol. The molecule has 1 heterocycles. The second-order valence-electron chi connectivity index (χ2n) is 4.85. The van der Waals surface area contributed by atoms with E-state index in [-0.39, 0.29) is 6.10 Å². The molecule has 2 aromatic rings. The van der Waals surface area contributed by atoms with Crippen molar-refractivity contribution >= 4 is 5.69 Å². The summed E-state index contributed by atoms with van der Waals surface area (Å²) in [5, 5.41) is 3.03. The number of halogens is 2. The van der Waals surface area contributed by atoms with Gasteiger partial charge in [0.1, 0.15) is 11.6 Å². The van der Waals surface area contributed by atoms with Crippen molar-refractivity contribution in [1.82, 2.24) is 0 Å². The first-order valence-electron chi connectivity index (χ1n) is 6.62. The number of ether oxygens (including phenoxy) is 1. The number of nitrogens with one attached hydrogen (secondary N) is 1. The van der Waals surface area contributed by atoms with Crippen molar-refractivity contribution in [3.8, 4) is 0 Å². The predicted octanol–water partition coefficient (Wildman–Crippen LogP) is 3.69. The van der Waals surface area contributed by atoms with Gasteiger partial charge in [0.15, 0.2) is 0 Å². The van der Waals surface area contributed by atoms with Crippen LogP contribution < -0.4 is 5.32 Å². The Bertz CT molecular complexity index is 595. The molecule has 0 fully saturated rings. The normalized spacial score (nSPS) is 17.6. The summed E-state index contributed by atoms with van der Waals surface area (Å²) in [6, 6.07) is 11.5. The van der Waals surface area contributed by atoms with Crippen molar-refractivity contribution in [2.45, 2.75) is 12.5 Å². The highest BCUT2D eigenvalue weighted by Crippen LogP contribution is 2.27. The van der Waals surface area contributed by atoms with Gasteiger partial charge in [-0.15, -0.1) is 0 Å². The third-order valence-corrected chi connectivity index (χ3v) is 3.45. The highest BCUT2D eigenvalue weighted by atomic mass is 19.1. The predicted molar refractivity (Wildman–Crippen MR) is 73.7 cm³/mol. The van der Waals surface area contributed by atoms with Gasteiger partial charge in [0.2, 0.25) is 0 Å². The number of anilines is 1. The molecule has 0 radical (unpaired) electrons. The van der Waals surface area contributed by atoms with E-state index in [1.165, 1.54) is 17.7 Å². The molecule has 4 heteroatoms. The van der Waals surface area contributed by atoms with Crippen LogP contribution in [-0.2, 0) is 11.2 Å². The van der Waals surface area contributed by atoms with Gasteiger partial charge in [0, 0.05) is 18.3 Å². The van der Waals surface area contributed by atoms with E-state index in [1.807, 2.05) is 18.2 Å². The Morgan fingerprint density at radius 3 is 2.65 bits per heavy atom. The van der Waals surface area contributed by atoms with Crippen LogP contribution in [0.15, 0.2) is 42.5 Å². The van der Waals surface area contributed by atoms with Crippen LogP contribution in [0.5, 0.6) is 0 Å². The van der Waals surface area contributed by atoms with Gasteiger partial charge >= 0.3 is 0 Å². The Labute approximate surface area is 116 Å². The van der Waals surface area contributed by atoms with Gasteiger partial charge in [-0.05, 0) is 29.7 Å². The van der Waals surface area contributed by atoms with Crippen molar-refractivity contribution in [3.05, 3.63) is 65.2 Å². The van der Waals surface area contributed by atoms with E-state index in [9.17, 15) is 8.78 Å². The Hall–Kier alpha value is -1.94. The summed E-state index contributed by atoms with van der Waals surface area (Å²) < 4.78 is 32.0. The molecule has 2 aromatic carbocycles. The molecule has 1 N–H and O–H groups in total. The molecule has 0 aliphatic carbocycles. The molecule has 2 nitrogen and oxygen atoms in total. The van der Waals surface area contributed by atoms with Crippen molar-refractivity contribution in [2.75, 3.05) is 18.5 Å². The highest BCUT2D eigenvalue weighted by molar-refractivity contribution is 5.44. The van der Waals surface area contributed by atoms with Gasteiger partial charge < -0.3 is 10.1 Å². The minimum absolute atomic E-state index is 0.0914. The van der Waals surface area contributed by atoms with Crippen molar-refractivity contribution < 1.29 is 13.5 Å². The average molecular weight is 275 g/mol. The van der Waals surface area contributed by atoms with E-state index in [4.69, 9.17) is 4.74 Å². The third-order valence-electron chi connectivity index (χ3n) is 3.45. The first kappa shape index (κ1) is 13.1. The fraction of sp³-hybridized carbons (Fsp3) is 0.250. The zero-order valence-corrected chi connectivity index (χ0v) is 10.9. The zero-order valence-electron chi connectivity index (χ0n) is 10.9. The molecule has 3 rings (SSSR count). The first-order chi connectivity index (χ1) is 9.72. The topological polar surface area (TPSA) is 21.3 Å². The SMILES string of the molecule is Fc1cc(F)cc(NCC2OCCc3ccccc32)c1. The van der Waals surface area contributed by atoms with Crippen molar-refractivity contribution in [2.24, 2.45) is 0 Å². The third kappa shape index (κ3) is 2.80. The van der Waals surface area contributed by atoms with E-state index < -0.39 is 11.6 Å². The molecule has 1 unspecified atom stereocenters. The maximum absolute atomic E-state index is 13.1. The summed E-state index contributed by atoms with van der Waals surface area (Å²) in [6.45, 7) is 1.15. The first-order valence-corrected chi connectivity index (χ1v) is 6.62. The van der Waals surface area contributed by atoms with Crippen LogP contribution in [0.4, 0.5) is 14.5 Å². The van der Waals surface area contributed by atoms with E-state index >= 15 is 0 Å². The van der Waals surface area contributed by atoms with Crippen LogP contribution >= 0.6 is 0 Å². The summed E-state index contributed by atoms with van der Waals surface area (Å²) in [5.74, 6) is -1.17. The molecule has 0 bridgehead atoms. The van der Waals surface area contributed by atoms with E-state index in [1.54, 1.807) is 0 Å². The van der Waals surface area contributed by atoms with Gasteiger partial charge in [0.25, 0.3) is 0 Å². The van der Waals surface area contributed by atoms with Gasteiger partial charge in [-0.25, -0.2) is 8.78 Å². The maximum Gasteiger partial charge on any atom is 0.128 e. The Morgan fingerprint density at radius 2 is 1.85 bits per heavy atom. The average Bonchev–Trinajstić information content (AvgIpc) is 2.44. The number of hydrogen-bond acceptors (Lipinski definition) is 2. The van der Waals surface area contributed by atoms with E-state index in [2.05, 4.69) is 11.4 Å². The van der Waals surface area contributed by atoms with Crippen molar-refractivity contribution in [3.63, 3.8) is 0 Å². The standard InChI is InChI=1S/C16H15F2NO/c17-12-7-13(18)9-14(8-12)19-10-16-15-4-2-1-3-11(15)5-6-20-16/h1-4,7-9,16,19H,5-6,10H2. The van der Waals surface area contributed by atoms with Crippen LogP contribution in [0.3, 0.4) is 0 Å². The quantitative estimate of drug-likeness (QED) is 0.922.